The van der Waals surface area contributed by atoms with Gasteiger partial charge in [-0.3, -0.25) is 4.79 Å². The zero-order chi connectivity index (χ0) is 13.0. The molecule has 0 saturated carbocycles. The highest BCUT2D eigenvalue weighted by atomic mass is 32.2. The van der Waals surface area contributed by atoms with E-state index in [4.69, 9.17) is 5.73 Å². The van der Waals surface area contributed by atoms with Crippen LogP contribution in [0.2, 0.25) is 0 Å². The van der Waals surface area contributed by atoms with Crippen LogP contribution in [0, 0.1) is 0 Å². The van der Waals surface area contributed by atoms with E-state index in [1.807, 2.05) is 36.2 Å². The van der Waals surface area contributed by atoms with Gasteiger partial charge >= 0.3 is 0 Å². The Labute approximate surface area is 113 Å². The van der Waals surface area contributed by atoms with Gasteiger partial charge in [-0.2, -0.15) is 0 Å². The van der Waals surface area contributed by atoms with E-state index in [9.17, 15) is 4.79 Å². The maximum atomic E-state index is 12.3. The summed E-state index contributed by atoms with van der Waals surface area (Å²) in [6, 6.07) is 7.73. The smallest absolute Gasteiger partial charge is 0.235 e. The van der Waals surface area contributed by atoms with Crippen LogP contribution in [0.25, 0.3) is 0 Å². The fourth-order valence-corrected chi connectivity index (χ4v) is 3.54. The van der Waals surface area contributed by atoms with E-state index in [1.54, 1.807) is 11.8 Å². The van der Waals surface area contributed by atoms with Gasteiger partial charge in [0.1, 0.15) is 0 Å². The average Bonchev–Trinajstić information content (AvgIpc) is 2.39. The number of hydrogen-bond acceptors (Lipinski definition) is 3. The molecule has 0 spiro atoms. The highest BCUT2D eigenvalue weighted by Crippen LogP contribution is 2.26. The predicted octanol–water partition coefficient (Wildman–Crippen LogP) is 2.51. The normalized spacial score (nSPS) is 19.5. The summed E-state index contributed by atoms with van der Waals surface area (Å²) in [6.07, 6.45) is 3.44. The Morgan fingerprint density at radius 1 is 1.50 bits per heavy atom. The van der Waals surface area contributed by atoms with Crippen LogP contribution in [0.1, 0.15) is 24.8 Å². The zero-order valence-electron chi connectivity index (χ0n) is 10.8. The average molecular weight is 264 g/mol. The number of nitrogens with zero attached hydrogens (tertiary/aromatic N) is 1. The van der Waals surface area contributed by atoms with Crippen molar-refractivity contribution in [3.05, 3.63) is 29.8 Å². The molecule has 98 valence electrons. The Morgan fingerprint density at radius 3 is 3.00 bits per heavy atom. The van der Waals surface area contributed by atoms with Crippen LogP contribution in [0.5, 0.6) is 0 Å². The molecule has 1 aromatic rings. The maximum Gasteiger partial charge on any atom is 0.235 e. The van der Waals surface area contributed by atoms with Crippen molar-refractivity contribution < 1.29 is 4.79 Å². The van der Waals surface area contributed by atoms with E-state index in [1.165, 1.54) is 12.8 Å². The first kappa shape index (κ1) is 13.3. The molecule has 1 aliphatic heterocycles. The third-order valence-electron chi connectivity index (χ3n) is 3.20. The van der Waals surface area contributed by atoms with E-state index in [2.05, 4.69) is 0 Å². The number of carbonyl (C=O) groups is 1. The number of nitrogen functional groups attached to an aromatic ring is 1. The van der Waals surface area contributed by atoms with Crippen LogP contribution in [0.15, 0.2) is 24.3 Å². The third-order valence-corrected chi connectivity index (χ3v) is 4.57. The molecule has 2 N–H and O–H groups in total. The van der Waals surface area contributed by atoms with Crippen molar-refractivity contribution in [3.63, 3.8) is 0 Å². The van der Waals surface area contributed by atoms with Gasteiger partial charge in [0.2, 0.25) is 5.91 Å². The number of nitrogens with two attached hydrogens (primary N) is 1. The molecule has 18 heavy (non-hydrogen) atoms. The first-order chi connectivity index (χ1) is 8.66. The van der Waals surface area contributed by atoms with Crippen molar-refractivity contribution >= 4 is 23.4 Å². The number of amides is 1. The van der Waals surface area contributed by atoms with Crippen LogP contribution in [-0.4, -0.2) is 28.9 Å². The van der Waals surface area contributed by atoms with Gasteiger partial charge in [-0.05, 0) is 36.3 Å². The lowest BCUT2D eigenvalue weighted by Crippen LogP contribution is -2.35. The van der Waals surface area contributed by atoms with Crippen LogP contribution in [0.3, 0.4) is 0 Å². The number of rotatable bonds is 3. The molecule has 0 aromatic heterocycles. The molecule has 1 saturated heterocycles. The third kappa shape index (κ3) is 3.42. The second-order valence-electron chi connectivity index (χ2n) is 4.79. The standard InChI is InChI=1S/C14H20N2OS/c1-16(10-11-5-4-6-12(15)9-11)14(17)13-7-2-3-8-18-13/h4-6,9,13H,2-3,7-8,10,15H2,1H3. The van der Waals surface area contributed by atoms with Crippen molar-refractivity contribution in [3.8, 4) is 0 Å². The van der Waals surface area contributed by atoms with E-state index in [0.29, 0.717) is 6.54 Å². The second-order valence-corrected chi connectivity index (χ2v) is 6.11. The summed E-state index contributed by atoms with van der Waals surface area (Å²) in [4.78, 5) is 14.1. The lowest BCUT2D eigenvalue weighted by atomic mass is 10.1. The molecule has 1 aromatic carbocycles. The van der Waals surface area contributed by atoms with E-state index in [-0.39, 0.29) is 11.2 Å². The van der Waals surface area contributed by atoms with Crippen molar-refractivity contribution in [2.45, 2.75) is 31.1 Å². The summed E-state index contributed by atoms with van der Waals surface area (Å²) in [5.41, 5.74) is 7.59. The van der Waals surface area contributed by atoms with Crippen LogP contribution in [0.4, 0.5) is 5.69 Å². The highest BCUT2D eigenvalue weighted by molar-refractivity contribution is 8.00. The monoisotopic (exact) mass is 264 g/mol. The first-order valence-corrected chi connectivity index (χ1v) is 7.42. The van der Waals surface area contributed by atoms with Gasteiger partial charge < -0.3 is 10.6 Å². The van der Waals surface area contributed by atoms with Gasteiger partial charge in [0.15, 0.2) is 0 Å². The molecular formula is C14H20N2OS. The quantitative estimate of drug-likeness (QED) is 0.853. The van der Waals surface area contributed by atoms with Crippen molar-refractivity contribution in [1.29, 1.82) is 0 Å². The molecule has 0 aliphatic carbocycles. The van der Waals surface area contributed by atoms with Gasteiger partial charge in [0.05, 0.1) is 5.25 Å². The van der Waals surface area contributed by atoms with Gasteiger partial charge in [0.25, 0.3) is 0 Å². The molecule has 0 radical (unpaired) electrons. The lowest BCUT2D eigenvalue weighted by Gasteiger charge is -2.26. The molecule has 1 atom stereocenters. The molecule has 1 aliphatic rings. The lowest BCUT2D eigenvalue weighted by molar-refractivity contribution is -0.130. The first-order valence-electron chi connectivity index (χ1n) is 6.38. The number of thioether (sulfide) groups is 1. The van der Waals surface area contributed by atoms with Crippen molar-refractivity contribution in [2.75, 3.05) is 18.5 Å². The second kappa shape index (κ2) is 6.14. The molecule has 1 unspecified atom stereocenters. The van der Waals surface area contributed by atoms with Crippen molar-refractivity contribution in [2.24, 2.45) is 0 Å². The maximum absolute atomic E-state index is 12.3. The zero-order valence-corrected chi connectivity index (χ0v) is 11.6. The molecule has 1 heterocycles. The van der Waals surface area contributed by atoms with E-state index < -0.39 is 0 Å². The largest absolute Gasteiger partial charge is 0.399 e. The van der Waals surface area contributed by atoms with Crippen LogP contribution < -0.4 is 5.73 Å². The Balaban J connectivity index is 1.94. The topological polar surface area (TPSA) is 46.3 Å². The SMILES string of the molecule is CN(Cc1cccc(N)c1)C(=O)C1CCCCS1. The summed E-state index contributed by atoms with van der Waals surface area (Å²) in [5, 5.41) is 0.157. The van der Waals surface area contributed by atoms with E-state index >= 15 is 0 Å². The summed E-state index contributed by atoms with van der Waals surface area (Å²) >= 11 is 1.80. The summed E-state index contributed by atoms with van der Waals surface area (Å²) in [7, 11) is 1.88. The molecule has 3 nitrogen and oxygen atoms in total. The van der Waals surface area contributed by atoms with Gasteiger partial charge in [-0.25, -0.2) is 0 Å². The fourth-order valence-electron chi connectivity index (χ4n) is 2.22. The number of benzene rings is 1. The fraction of sp³-hybridized carbons (Fsp3) is 0.500. The van der Waals surface area contributed by atoms with Gasteiger partial charge in [0, 0.05) is 19.3 Å². The van der Waals surface area contributed by atoms with Crippen LogP contribution in [-0.2, 0) is 11.3 Å². The summed E-state index contributed by atoms with van der Waals surface area (Å²) in [6.45, 7) is 0.640. The number of carbonyl (C=O) groups excluding carboxylic acids is 1. The Hall–Kier alpha value is -1.16. The molecular weight excluding hydrogens is 244 g/mol. The van der Waals surface area contributed by atoms with E-state index in [0.717, 1.165) is 23.4 Å². The minimum absolute atomic E-state index is 0.157. The molecule has 1 amide bonds. The number of hydrogen-bond donors (Lipinski definition) is 1. The molecule has 2 rings (SSSR count). The minimum Gasteiger partial charge on any atom is -0.399 e. The molecule has 1 fully saturated rings. The van der Waals surface area contributed by atoms with Gasteiger partial charge in [-0.1, -0.05) is 18.6 Å². The predicted molar refractivity (Wildman–Crippen MR) is 77.4 cm³/mol. The Kier molecular flexibility index (Phi) is 4.53. The van der Waals surface area contributed by atoms with Crippen molar-refractivity contribution in [1.82, 2.24) is 4.90 Å². The highest BCUT2D eigenvalue weighted by Gasteiger charge is 2.24. The summed E-state index contributed by atoms with van der Waals surface area (Å²) < 4.78 is 0. The Bertz CT molecular complexity index is 416. The molecule has 4 heteroatoms. The molecule has 0 bridgehead atoms. The van der Waals surface area contributed by atoms with Crippen LogP contribution >= 0.6 is 11.8 Å². The number of anilines is 1. The minimum atomic E-state index is 0.157. The summed E-state index contributed by atoms with van der Waals surface area (Å²) in [5.74, 6) is 1.37. The Morgan fingerprint density at radius 2 is 2.33 bits per heavy atom. The van der Waals surface area contributed by atoms with Gasteiger partial charge in [-0.15, -0.1) is 11.8 Å².